The molecule has 0 bridgehead atoms. The Kier molecular flexibility index (Phi) is 5.22. The highest BCUT2D eigenvalue weighted by Gasteiger charge is 2.10. The van der Waals surface area contributed by atoms with Crippen molar-refractivity contribution in [2.75, 3.05) is 0 Å². The number of amides is 1. The van der Waals surface area contributed by atoms with Gasteiger partial charge in [-0.25, -0.2) is 0 Å². The van der Waals surface area contributed by atoms with Crippen molar-refractivity contribution >= 4 is 33.4 Å². The first kappa shape index (κ1) is 16.6. The first-order chi connectivity index (χ1) is 11.6. The highest BCUT2D eigenvalue weighted by molar-refractivity contribution is 9.10. The molecule has 122 valence electrons. The number of carbonyl (C=O) groups is 1. The van der Waals surface area contributed by atoms with E-state index < -0.39 is 0 Å². The van der Waals surface area contributed by atoms with Crippen LogP contribution in [0.5, 0.6) is 0 Å². The van der Waals surface area contributed by atoms with Crippen LogP contribution in [-0.2, 0) is 17.8 Å². The zero-order valence-corrected chi connectivity index (χ0v) is 14.8. The molecule has 0 aliphatic heterocycles. The molecule has 3 aromatic rings. The number of hydrogen-bond acceptors (Lipinski definition) is 4. The smallest absolute Gasteiger partial charge is 0.224 e. The van der Waals surface area contributed by atoms with Crippen LogP contribution < -0.4 is 5.32 Å². The molecule has 3 rings (SSSR count). The molecule has 0 aliphatic rings. The van der Waals surface area contributed by atoms with Gasteiger partial charge in [0.2, 0.25) is 5.91 Å². The lowest BCUT2D eigenvalue weighted by molar-refractivity contribution is -0.120. The zero-order chi connectivity index (χ0) is 16.9. The number of nitrogens with one attached hydrogen (secondary N) is 1. The molecule has 0 saturated heterocycles. The summed E-state index contributed by atoms with van der Waals surface area (Å²) in [5, 5.41) is 15.1. The Morgan fingerprint density at radius 3 is 2.54 bits per heavy atom. The van der Waals surface area contributed by atoms with E-state index in [9.17, 15) is 4.79 Å². The summed E-state index contributed by atoms with van der Waals surface area (Å²) in [6.45, 7) is 0.246. The second kappa shape index (κ2) is 7.55. The summed E-state index contributed by atoms with van der Waals surface area (Å²) in [5.41, 5.74) is 1.72. The number of rotatable bonds is 5. The molecule has 0 saturated carbocycles. The van der Waals surface area contributed by atoms with E-state index in [1.165, 1.54) is 0 Å². The number of aromatic nitrogens is 4. The number of benzene rings is 2. The van der Waals surface area contributed by atoms with Gasteiger partial charge in [0.1, 0.15) is 0 Å². The van der Waals surface area contributed by atoms with Crippen molar-refractivity contribution in [2.24, 2.45) is 0 Å². The van der Waals surface area contributed by atoms with Crippen LogP contribution in [0.3, 0.4) is 0 Å². The molecule has 0 atom stereocenters. The van der Waals surface area contributed by atoms with Gasteiger partial charge in [0.05, 0.1) is 18.7 Å². The highest BCUT2D eigenvalue weighted by atomic mass is 79.9. The van der Waals surface area contributed by atoms with Crippen LogP contribution in [0, 0.1) is 0 Å². The minimum absolute atomic E-state index is 0.109. The second-order valence-corrected chi connectivity index (χ2v) is 6.42. The topological polar surface area (TPSA) is 72.7 Å². The number of nitrogens with zero attached hydrogens (tertiary/aromatic N) is 4. The monoisotopic (exact) mass is 405 g/mol. The lowest BCUT2D eigenvalue weighted by Gasteiger charge is -2.07. The Morgan fingerprint density at radius 1 is 1.12 bits per heavy atom. The number of halogens is 2. The summed E-state index contributed by atoms with van der Waals surface area (Å²) in [5.74, 6) is 0.449. The van der Waals surface area contributed by atoms with Gasteiger partial charge in [-0.2, -0.15) is 4.68 Å². The molecule has 1 N–H and O–H groups in total. The fourth-order valence-electron chi connectivity index (χ4n) is 2.13. The lowest BCUT2D eigenvalue weighted by atomic mass is 10.1. The van der Waals surface area contributed by atoms with E-state index in [0.717, 1.165) is 15.7 Å². The normalized spacial score (nSPS) is 10.6. The van der Waals surface area contributed by atoms with Gasteiger partial charge in [-0.05, 0) is 52.4 Å². The Bertz CT molecular complexity index is 832. The van der Waals surface area contributed by atoms with Crippen LogP contribution in [-0.4, -0.2) is 26.1 Å². The summed E-state index contributed by atoms with van der Waals surface area (Å²) in [7, 11) is 0. The largest absolute Gasteiger partial charge is 0.348 e. The first-order valence-corrected chi connectivity index (χ1v) is 8.33. The Hall–Kier alpha value is -2.25. The SMILES string of the molecule is O=C(Cc1ccc(Cl)cc1)NCc1nnnn1-c1ccc(Br)cc1. The maximum Gasteiger partial charge on any atom is 0.224 e. The van der Waals surface area contributed by atoms with Gasteiger partial charge in [0.15, 0.2) is 5.82 Å². The van der Waals surface area contributed by atoms with Gasteiger partial charge in [0, 0.05) is 9.50 Å². The molecule has 0 unspecified atom stereocenters. The van der Waals surface area contributed by atoms with E-state index in [4.69, 9.17) is 11.6 Å². The van der Waals surface area contributed by atoms with Gasteiger partial charge >= 0.3 is 0 Å². The average molecular weight is 407 g/mol. The van der Waals surface area contributed by atoms with Gasteiger partial charge in [-0.3, -0.25) is 4.79 Å². The predicted octanol–water partition coefficient (Wildman–Crippen LogP) is 2.94. The van der Waals surface area contributed by atoms with Crippen LogP contribution in [0.25, 0.3) is 5.69 Å². The van der Waals surface area contributed by atoms with Crippen molar-refractivity contribution < 1.29 is 4.79 Å². The first-order valence-electron chi connectivity index (χ1n) is 7.16. The Balaban J connectivity index is 1.63. The second-order valence-electron chi connectivity index (χ2n) is 5.06. The third-order valence-electron chi connectivity index (χ3n) is 3.33. The molecule has 6 nitrogen and oxygen atoms in total. The molecule has 8 heteroatoms. The van der Waals surface area contributed by atoms with Gasteiger partial charge < -0.3 is 5.32 Å². The minimum atomic E-state index is -0.109. The van der Waals surface area contributed by atoms with E-state index in [1.807, 2.05) is 36.4 Å². The summed E-state index contributed by atoms with van der Waals surface area (Å²) >= 11 is 9.22. The summed E-state index contributed by atoms with van der Waals surface area (Å²) < 4.78 is 2.56. The Morgan fingerprint density at radius 2 is 1.83 bits per heavy atom. The van der Waals surface area contributed by atoms with Crippen molar-refractivity contribution in [3.63, 3.8) is 0 Å². The maximum absolute atomic E-state index is 12.1. The van der Waals surface area contributed by atoms with Crippen molar-refractivity contribution in [2.45, 2.75) is 13.0 Å². The molecular weight excluding hydrogens is 394 g/mol. The van der Waals surface area contributed by atoms with Crippen molar-refractivity contribution in [3.05, 3.63) is 69.4 Å². The standard InChI is InChI=1S/C16H13BrClN5O/c17-12-3-7-14(8-4-12)23-15(20-21-22-23)10-19-16(24)9-11-1-5-13(18)6-2-11/h1-8H,9-10H2,(H,19,24). The fourth-order valence-corrected chi connectivity index (χ4v) is 2.52. The molecule has 0 fully saturated rings. The van der Waals surface area contributed by atoms with E-state index in [1.54, 1.807) is 16.8 Å². The van der Waals surface area contributed by atoms with E-state index in [-0.39, 0.29) is 18.9 Å². The molecule has 0 radical (unpaired) electrons. The van der Waals surface area contributed by atoms with Crippen LogP contribution in [0.15, 0.2) is 53.0 Å². The van der Waals surface area contributed by atoms with Crippen molar-refractivity contribution in [1.82, 2.24) is 25.5 Å². The lowest BCUT2D eigenvalue weighted by Crippen LogP contribution is -2.26. The molecule has 24 heavy (non-hydrogen) atoms. The van der Waals surface area contributed by atoms with Crippen molar-refractivity contribution in [3.8, 4) is 5.69 Å². The summed E-state index contributed by atoms with van der Waals surface area (Å²) in [6, 6.07) is 14.8. The highest BCUT2D eigenvalue weighted by Crippen LogP contribution is 2.14. The predicted molar refractivity (Wildman–Crippen MR) is 93.9 cm³/mol. The third-order valence-corrected chi connectivity index (χ3v) is 4.11. The van der Waals surface area contributed by atoms with Crippen LogP contribution in [0.1, 0.15) is 11.4 Å². The zero-order valence-electron chi connectivity index (χ0n) is 12.5. The maximum atomic E-state index is 12.1. The third kappa shape index (κ3) is 4.18. The van der Waals surface area contributed by atoms with E-state index in [0.29, 0.717) is 10.8 Å². The fraction of sp³-hybridized carbons (Fsp3) is 0.125. The van der Waals surface area contributed by atoms with Crippen LogP contribution in [0.4, 0.5) is 0 Å². The summed E-state index contributed by atoms with van der Waals surface area (Å²) in [6.07, 6.45) is 0.275. The molecule has 1 amide bonds. The molecule has 0 spiro atoms. The van der Waals surface area contributed by atoms with E-state index >= 15 is 0 Å². The Labute approximate surface area is 152 Å². The van der Waals surface area contributed by atoms with Gasteiger partial charge in [-0.1, -0.05) is 39.7 Å². The average Bonchev–Trinajstić information content (AvgIpc) is 3.04. The number of tetrazole rings is 1. The summed E-state index contributed by atoms with van der Waals surface area (Å²) in [4.78, 5) is 12.1. The van der Waals surface area contributed by atoms with Gasteiger partial charge in [0.25, 0.3) is 0 Å². The van der Waals surface area contributed by atoms with Crippen LogP contribution in [0.2, 0.25) is 5.02 Å². The molecule has 1 heterocycles. The van der Waals surface area contributed by atoms with Crippen molar-refractivity contribution in [1.29, 1.82) is 0 Å². The molecular formula is C16H13BrClN5O. The van der Waals surface area contributed by atoms with Crippen LogP contribution >= 0.6 is 27.5 Å². The molecule has 0 aliphatic carbocycles. The molecule has 1 aromatic heterocycles. The van der Waals surface area contributed by atoms with Gasteiger partial charge in [-0.15, -0.1) is 5.10 Å². The minimum Gasteiger partial charge on any atom is -0.348 e. The number of hydrogen-bond donors (Lipinski definition) is 1. The quantitative estimate of drug-likeness (QED) is 0.707. The molecule has 2 aromatic carbocycles. The number of carbonyl (C=O) groups excluding carboxylic acids is 1. The van der Waals surface area contributed by atoms with E-state index in [2.05, 4.69) is 36.8 Å².